The molecule has 146 valence electrons. The van der Waals surface area contributed by atoms with Gasteiger partial charge < -0.3 is 5.32 Å². The monoisotopic (exact) mass is 374 g/mol. The molecule has 1 amide bonds. The fourth-order valence-corrected chi connectivity index (χ4v) is 4.37. The molecule has 1 aliphatic rings. The third kappa shape index (κ3) is 4.42. The maximum Gasteiger partial charge on any atom is 0.251 e. The summed E-state index contributed by atoms with van der Waals surface area (Å²) < 4.78 is 0. The highest BCUT2D eigenvalue weighted by atomic mass is 16.1. The molecular weight excluding hydrogens is 344 g/mol. The van der Waals surface area contributed by atoms with Crippen LogP contribution in [-0.4, -0.2) is 29.9 Å². The number of amides is 1. The summed E-state index contributed by atoms with van der Waals surface area (Å²) in [7, 11) is 0. The van der Waals surface area contributed by atoms with Crippen molar-refractivity contribution in [2.75, 3.05) is 13.1 Å². The highest BCUT2D eigenvalue weighted by Crippen LogP contribution is 2.42. The molecule has 1 aliphatic carbocycles. The molecule has 0 saturated heterocycles. The molecule has 0 heterocycles. The van der Waals surface area contributed by atoms with Crippen molar-refractivity contribution in [3.8, 4) is 0 Å². The van der Waals surface area contributed by atoms with E-state index in [1.165, 1.54) is 5.56 Å². The van der Waals surface area contributed by atoms with Crippen molar-refractivity contribution in [3.63, 3.8) is 0 Å². The molecule has 1 fully saturated rings. The SMILES string of the molecule is C=CCN(CC=C)[C@]1(c2ccccc2)CC[C@H](NC(=O)c2ccccc2)CC1. The van der Waals surface area contributed by atoms with Gasteiger partial charge in [0.15, 0.2) is 0 Å². The molecule has 0 aliphatic heterocycles. The molecule has 0 radical (unpaired) electrons. The Labute approximate surface area is 168 Å². The second-order valence-corrected chi connectivity index (χ2v) is 7.49. The van der Waals surface area contributed by atoms with Crippen LogP contribution >= 0.6 is 0 Å². The van der Waals surface area contributed by atoms with E-state index in [1.807, 2.05) is 42.5 Å². The van der Waals surface area contributed by atoms with E-state index < -0.39 is 0 Å². The minimum atomic E-state index is -0.0440. The summed E-state index contributed by atoms with van der Waals surface area (Å²) in [5, 5.41) is 3.23. The van der Waals surface area contributed by atoms with Gasteiger partial charge in [-0.1, -0.05) is 60.7 Å². The van der Waals surface area contributed by atoms with E-state index >= 15 is 0 Å². The smallest absolute Gasteiger partial charge is 0.251 e. The Morgan fingerprint density at radius 1 is 0.964 bits per heavy atom. The molecule has 1 N–H and O–H groups in total. The average molecular weight is 375 g/mol. The Morgan fingerprint density at radius 3 is 2.04 bits per heavy atom. The van der Waals surface area contributed by atoms with Gasteiger partial charge in [0.25, 0.3) is 5.91 Å². The third-order valence-electron chi connectivity index (χ3n) is 5.80. The molecular formula is C25H30N2O. The van der Waals surface area contributed by atoms with Gasteiger partial charge in [-0.25, -0.2) is 0 Å². The lowest BCUT2D eigenvalue weighted by atomic mass is 9.73. The van der Waals surface area contributed by atoms with Crippen molar-refractivity contribution in [2.24, 2.45) is 0 Å². The largest absolute Gasteiger partial charge is 0.349 e. The Bertz CT molecular complexity index is 767. The van der Waals surface area contributed by atoms with Gasteiger partial charge in [-0.2, -0.15) is 0 Å². The van der Waals surface area contributed by atoms with Crippen LogP contribution in [0.15, 0.2) is 86.0 Å². The van der Waals surface area contributed by atoms with Crippen molar-refractivity contribution in [1.82, 2.24) is 10.2 Å². The van der Waals surface area contributed by atoms with Crippen molar-refractivity contribution in [3.05, 3.63) is 97.1 Å². The molecule has 0 unspecified atom stereocenters. The number of benzene rings is 2. The highest BCUT2D eigenvalue weighted by molar-refractivity contribution is 5.94. The van der Waals surface area contributed by atoms with E-state index in [-0.39, 0.29) is 17.5 Å². The summed E-state index contributed by atoms with van der Waals surface area (Å²) in [6, 6.07) is 20.4. The fraction of sp³-hybridized carbons (Fsp3) is 0.320. The first-order valence-electron chi connectivity index (χ1n) is 10.1. The number of nitrogens with one attached hydrogen (secondary N) is 1. The summed E-state index contributed by atoms with van der Waals surface area (Å²) in [4.78, 5) is 15.0. The molecule has 1 saturated carbocycles. The van der Waals surface area contributed by atoms with Crippen molar-refractivity contribution in [1.29, 1.82) is 0 Å². The summed E-state index contributed by atoms with van der Waals surface area (Å²) in [5.41, 5.74) is 2.02. The lowest BCUT2D eigenvalue weighted by Crippen LogP contribution is -2.51. The zero-order valence-corrected chi connectivity index (χ0v) is 16.5. The molecule has 3 nitrogen and oxygen atoms in total. The second kappa shape index (κ2) is 9.52. The minimum absolute atomic E-state index is 0.0202. The molecule has 2 aromatic carbocycles. The first kappa shape index (κ1) is 20.1. The van der Waals surface area contributed by atoms with Crippen LogP contribution < -0.4 is 5.32 Å². The minimum Gasteiger partial charge on any atom is -0.349 e. The summed E-state index contributed by atoms with van der Waals surface area (Å²) in [6.45, 7) is 9.56. The zero-order chi connectivity index (χ0) is 19.8. The molecule has 0 aromatic heterocycles. The summed E-state index contributed by atoms with van der Waals surface area (Å²) in [5.74, 6) is 0.0202. The van der Waals surface area contributed by atoms with Gasteiger partial charge in [0.2, 0.25) is 0 Å². The lowest BCUT2D eigenvalue weighted by Gasteiger charge is -2.48. The Hall–Kier alpha value is -2.65. The summed E-state index contributed by atoms with van der Waals surface area (Å²) in [6.07, 6.45) is 7.85. The highest BCUT2D eigenvalue weighted by Gasteiger charge is 2.41. The van der Waals surface area contributed by atoms with Crippen LogP contribution in [0.4, 0.5) is 0 Å². The van der Waals surface area contributed by atoms with Crippen molar-refractivity contribution in [2.45, 2.75) is 37.3 Å². The van der Waals surface area contributed by atoms with E-state index in [0.717, 1.165) is 44.3 Å². The first-order valence-corrected chi connectivity index (χ1v) is 10.1. The number of carbonyl (C=O) groups excluding carboxylic acids is 1. The van der Waals surface area contributed by atoms with Crippen LogP contribution in [-0.2, 0) is 5.54 Å². The van der Waals surface area contributed by atoms with Crippen molar-refractivity contribution < 1.29 is 4.79 Å². The molecule has 3 rings (SSSR count). The van der Waals surface area contributed by atoms with Gasteiger partial charge in [-0.15, -0.1) is 13.2 Å². The van der Waals surface area contributed by atoms with E-state index in [9.17, 15) is 4.79 Å². The van der Waals surface area contributed by atoms with Gasteiger partial charge in [-0.3, -0.25) is 9.69 Å². The van der Waals surface area contributed by atoms with Crippen LogP contribution in [0.1, 0.15) is 41.6 Å². The number of nitrogens with zero attached hydrogens (tertiary/aromatic N) is 1. The predicted molar refractivity (Wildman–Crippen MR) is 116 cm³/mol. The van der Waals surface area contributed by atoms with E-state index in [2.05, 4.69) is 53.7 Å². The fourth-order valence-electron chi connectivity index (χ4n) is 4.37. The molecule has 3 heteroatoms. The maximum atomic E-state index is 12.5. The Kier molecular flexibility index (Phi) is 6.83. The molecule has 0 bridgehead atoms. The van der Waals surface area contributed by atoms with Gasteiger partial charge in [0, 0.05) is 30.2 Å². The maximum absolute atomic E-state index is 12.5. The van der Waals surface area contributed by atoms with Gasteiger partial charge in [-0.05, 0) is 43.4 Å². The molecule has 0 atom stereocenters. The Morgan fingerprint density at radius 2 is 1.50 bits per heavy atom. The average Bonchev–Trinajstić information content (AvgIpc) is 2.75. The third-order valence-corrected chi connectivity index (χ3v) is 5.80. The van der Waals surface area contributed by atoms with Crippen molar-refractivity contribution >= 4 is 5.91 Å². The topological polar surface area (TPSA) is 32.3 Å². The summed E-state index contributed by atoms with van der Waals surface area (Å²) >= 11 is 0. The second-order valence-electron chi connectivity index (χ2n) is 7.49. The van der Waals surface area contributed by atoms with Crippen LogP contribution in [0.2, 0.25) is 0 Å². The van der Waals surface area contributed by atoms with Crippen LogP contribution in [0, 0.1) is 0 Å². The lowest BCUT2D eigenvalue weighted by molar-refractivity contribution is 0.0561. The molecule has 28 heavy (non-hydrogen) atoms. The first-order chi connectivity index (χ1) is 13.7. The molecule has 2 aromatic rings. The van der Waals surface area contributed by atoms with E-state index in [4.69, 9.17) is 0 Å². The number of hydrogen-bond acceptors (Lipinski definition) is 2. The van der Waals surface area contributed by atoms with Gasteiger partial charge in [0.1, 0.15) is 0 Å². The predicted octanol–water partition coefficient (Wildman–Crippen LogP) is 4.93. The van der Waals surface area contributed by atoms with Crippen LogP contribution in [0.3, 0.4) is 0 Å². The van der Waals surface area contributed by atoms with Gasteiger partial charge in [0.05, 0.1) is 0 Å². The standard InChI is InChI=1S/C25H30N2O/c1-3-19-27(20-4-2)25(22-13-9-6-10-14-22)17-15-23(16-18-25)26-24(28)21-11-7-5-8-12-21/h3-14,23H,1-2,15-20H2,(H,26,28)/t23-,25+. The van der Waals surface area contributed by atoms with E-state index in [0.29, 0.717) is 0 Å². The normalized spacial score (nSPS) is 21.8. The van der Waals surface area contributed by atoms with E-state index in [1.54, 1.807) is 0 Å². The number of carbonyl (C=O) groups is 1. The van der Waals surface area contributed by atoms with Crippen LogP contribution in [0.25, 0.3) is 0 Å². The zero-order valence-electron chi connectivity index (χ0n) is 16.5. The van der Waals surface area contributed by atoms with Crippen LogP contribution in [0.5, 0.6) is 0 Å². The number of hydrogen-bond donors (Lipinski definition) is 1. The van der Waals surface area contributed by atoms with Gasteiger partial charge >= 0.3 is 0 Å². The Balaban J connectivity index is 1.76. The quantitative estimate of drug-likeness (QED) is 0.665. The number of rotatable bonds is 8. The molecule has 0 spiro atoms.